The normalized spacial score (nSPS) is 10.7. The highest BCUT2D eigenvalue weighted by atomic mass is 127. The molecule has 2 aromatic rings. The second-order valence-corrected chi connectivity index (χ2v) is 5.70. The van der Waals surface area contributed by atoms with Gasteiger partial charge in [0.2, 0.25) is 0 Å². The van der Waals surface area contributed by atoms with Crippen molar-refractivity contribution in [1.82, 2.24) is 0 Å². The van der Waals surface area contributed by atoms with Crippen molar-refractivity contribution in [3.8, 4) is 17.2 Å². The summed E-state index contributed by atoms with van der Waals surface area (Å²) in [4.78, 5) is 4.39. The Kier molecular flexibility index (Phi) is 9.77. The van der Waals surface area contributed by atoms with E-state index in [9.17, 15) is 0 Å². The minimum atomic E-state index is 0. The summed E-state index contributed by atoms with van der Waals surface area (Å²) < 4.78 is 16.2. The number of anilines is 1. The summed E-state index contributed by atoms with van der Waals surface area (Å²) in [5, 5.41) is 3.10. The fourth-order valence-electron chi connectivity index (χ4n) is 2.62. The van der Waals surface area contributed by atoms with Gasteiger partial charge >= 0.3 is 0 Å². The minimum absolute atomic E-state index is 0. The highest BCUT2D eigenvalue weighted by molar-refractivity contribution is 14.0. The number of benzene rings is 2. The van der Waals surface area contributed by atoms with Crippen molar-refractivity contribution < 1.29 is 14.2 Å². The zero-order valence-corrected chi connectivity index (χ0v) is 18.6. The molecule has 6 nitrogen and oxygen atoms in total. The van der Waals surface area contributed by atoms with Crippen molar-refractivity contribution in [2.75, 3.05) is 33.2 Å². The quantitative estimate of drug-likeness (QED) is 0.337. The number of halogens is 1. The van der Waals surface area contributed by atoms with Crippen molar-refractivity contribution in [2.24, 2.45) is 10.7 Å². The Balaban J connectivity index is 0.00000364. The molecule has 3 N–H and O–H groups in total. The summed E-state index contributed by atoms with van der Waals surface area (Å²) in [5.74, 6) is 2.47. The fourth-order valence-corrected chi connectivity index (χ4v) is 2.62. The van der Waals surface area contributed by atoms with Crippen LogP contribution in [0.3, 0.4) is 0 Å². The predicted molar refractivity (Wildman–Crippen MR) is 121 cm³/mol. The van der Waals surface area contributed by atoms with E-state index in [1.165, 1.54) is 5.56 Å². The van der Waals surface area contributed by atoms with E-state index in [2.05, 4.69) is 29.4 Å². The van der Waals surface area contributed by atoms with E-state index in [0.29, 0.717) is 36.2 Å². The number of hydrogen-bond donors (Lipinski definition) is 2. The lowest BCUT2D eigenvalue weighted by atomic mass is 10.1. The number of aliphatic imine (C=N–C) groups is 1. The van der Waals surface area contributed by atoms with Crippen LogP contribution in [0.4, 0.5) is 5.69 Å². The van der Waals surface area contributed by atoms with Gasteiger partial charge in [0.05, 0.1) is 21.3 Å². The summed E-state index contributed by atoms with van der Waals surface area (Å²) in [7, 11) is 4.85. The molecule has 0 aliphatic rings. The second-order valence-electron chi connectivity index (χ2n) is 5.70. The maximum absolute atomic E-state index is 5.98. The topological polar surface area (TPSA) is 78.1 Å². The van der Waals surface area contributed by atoms with E-state index < -0.39 is 0 Å². The molecule has 0 aromatic heterocycles. The van der Waals surface area contributed by atoms with Crippen LogP contribution in [0.5, 0.6) is 17.2 Å². The molecule has 2 rings (SSSR count). The summed E-state index contributed by atoms with van der Waals surface area (Å²) in [6.45, 7) is 2.63. The largest absolute Gasteiger partial charge is 0.496 e. The molecule has 0 unspecified atom stereocenters. The lowest BCUT2D eigenvalue weighted by molar-refractivity contribution is 0.369. The Hall–Kier alpha value is -2.16. The molecule has 0 fully saturated rings. The molecular formula is C20H28IN3O3. The highest BCUT2D eigenvalue weighted by Crippen LogP contribution is 2.34. The molecule has 27 heavy (non-hydrogen) atoms. The molecule has 0 saturated heterocycles. The Labute approximate surface area is 178 Å². The molecule has 0 spiro atoms. The molecule has 0 aliphatic heterocycles. The third kappa shape index (κ3) is 6.50. The standard InChI is InChI=1S/C20H27N3O3.HI/c1-5-14-6-8-15(9-7-14)23-20(21)22-11-10-17-18(25-3)12-16(24-2)13-19(17)26-4;/h6-9,12-13H,5,10-11H2,1-4H3,(H3,21,22,23);1H. The average molecular weight is 485 g/mol. The first-order chi connectivity index (χ1) is 12.6. The van der Waals surface area contributed by atoms with Crippen molar-refractivity contribution >= 4 is 35.6 Å². The number of guanidine groups is 1. The molecule has 2 aromatic carbocycles. The first-order valence-corrected chi connectivity index (χ1v) is 8.56. The number of ether oxygens (including phenoxy) is 3. The van der Waals surface area contributed by atoms with Crippen molar-refractivity contribution in [3.05, 3.63) is 47.5 Å². The van der Waals surface area contributed by atoms with Crippen molar-refractivity contribution in [3.63, 3.8) is 0 Å². The number of hydrogen-bond acceptors (Lipinski definition) is 4. The van der Waals surface area contributed by atoms with E-state index in [4.69, 9.17) is 19.9 Å². The van der Waals surface area contributed by atoms with E-state index in [1.807, 2.05) is 24.3 Å². The zero-order valence-electron chi connectivity index (χ0n) is 16.2. The van der Waals surface area contributed by atoms with Crippen LogP contribution in [0.25, 0.3) is 0 Å². The lowest BCUT2D eigenvalue weighted by Gasteiger charge is -2.14. The molecule has 0 radical (unpaired) electrons. The third-order valence-electron chi connectivity index (χ3n) is 4.10. The molecule has 148 valence electrons. The number of nitrogens with zero attached hydrogens (tertiary/aromatic N) is 1. The van der Waals surface area contributed by atoms with Gasteiger partial charge in [0.15, 0.2) is 5.96 Å². The predicted octanol–water partition coefficient (Wildman–Crippen LogP) is 3.86. The van der Waals surface area contributed by atoms with Crippen LogP contribution in [-0.2, 0) is 12.8 Å². The van der Waals surface area contributed by atoms with Gasteiger partial charge in [0.1, 0.15) is 17.2 Å². The summed E-state index contributed by atoms with van der Waals surface area (Å²) >= 11 is 0. The second kappa shape index (κ2) is 11.5. The Morgan fingerprint density at radius 2 is 1.59 bits per heavy atom. The summed E-state index contributed by atoms with van der Waals surface area (Å²) in [6, 6.07) is 11.8. The maximum Gasteiger partial charge on any atom is 0.193 e. The van der Waals surface area contributed by atoms with E-state index in [-0.39, 0.29) is 24.0 Å². The summed E-state index contributed by atoms with van der Waals surface area (Å²) in [5.41, 5.74) is 9.12. The monoisotopic (exact) mass is 485 g/mol. The molecule has 0 aliphatic carbocycles. The maximum atomic E-state index is 5.98. The fraction of sp³-hybridized carbons (Fsp3) is 0.350. The van der Waals surface area contributed by atoms with Crippen LogP contribution in [-0.4, -0.2) is 33.8 Å². The van der Waals surface area contributed by atoms with E-state index >= 15 is 0 Å². The molecular weight excluding hydrogens is 457 g/mol. The van der Waals surface area contributed by atoms with Crippen LogP contribution >= 0.6 is 24.0 Å². The molecule has 7 heteroatoms. The van der Waals surface area contributed by atoms with Gasteiger partial charge in [0.25, 0.3) is 0 Å². The van der Waals surface area contributed by atoms with Gasteiger partial charge in [0, 0.05) is 29.9 Å². The van der Waals surface area contributed by atoms with Gasteiger partial charge in [-0.15, -0.1) is 24.0 Å². The van der Waals surface area contributed by atoms with Gasteiger partial charge in [-0.1, -0.05) is 19.1 Å². The lowest BCUT2D eigenvalue weighted by Crippen LogP contribution is -2.23. The van der Waals surface area contributed by atoms with Gasteiger partial charge < -0.3 is 25.3 Å². The minimum Gasteiger partial charge on any atom is -0.496 e. The van der Waals surface area contributed by atoms with Gasteiger partial charge in [-0.3, -0.25) is 4.99 Å². The first kappa shape index (κ1) is 22.9. The van der Waals surface area contributed by atoms with Crippen LogP contribution in [0.1, 0.15) is 18.1 Å². The number of aryl methyl sites for hydroxylation is 1. The van der Waals surface area contributed by atoms with Crippen molar-refractivity contribution in [1.29, 1.82) is 0 Å². The van der Waals surface area contributed by atoms with Crippen LogP contribution in [0.15, 0.2) is 41.4 Å². The Morgan fingerprint density at radius 1 is 1.00 bits per heavy atom. The molecule has 0 saturated carbocycles. The Bertz CT molecular complexity index is 724. The highest BCUT2D eigenvalue weighted by Gasteiger charge is 2.12. The van der Waals surface area contributed by atoms with Gasteiger partial charge in [-0.25, -0.2) is 0 Å². The zero-order chi connectivity index (χ0) is 18.9. The third-order valence-corrected chi connectivity index (χ3v) is 4.10. The molecule has 0 amide bonds. The first-order valence-electron chi connectivity index (χ1n) is 8.56. The smallest absolute Gasteiger partial charge is 0.193 e. The van der Waals surface area contributed by atoms with E-state index in [1.54, 1.807) is 21.3 Å². The van der Waals surface area contributed by atoms with E-state index in [0.717, 1.165) is 17.7 Å². The molecule has 0 bridgehead atoms. The number of nitrogens with two attached hydrogens (primary N) is 1. The van der Waals surface area contributed by atoms with Crippen molar-refractivity contribution in [2.45, 2.75) is 19.8 Å². The van der Waals surface area contributed by atoms with Crippen LogP contribution in [0.2, 0.25) is 0 Å². The van der Waals surface area contributed by atoms with Gasteiger partial charge in [-0.2, -0.15) is 0 Å². The van der Waals surface area contributed by atoms with Gasteiger partial charge in [-0.05, 0) is 30.5 Å². The van der Waals surface area contributed by atoms with Crippen LogP contribution in [0, 0.1) is 0 Å². The number of methoxy groups -OCH3 is 3. The number of rotatable bonds is 8. The van der Waals surface area contributed by atoms with Crippen LogP contribution < -0.4 is 25.3 Å². The molecule has 0 atom stereocenters. The number of nitrogens with one attached hydrogen (secondary N) is 1. The molecule has 0 heterocycles. The average Bonchev–Trinajstić information content (AvgIpc) is 2.68. The summed E-state index contributed by atoms with van der Waals surface area (Å²) in [6.07, 6.45) is 1.64. The SMILES string of the molecule is CCc1ccc(NC(N)=NCCc2c(OC)cc(OC)cc2OC)cc1.I. The Morgan fingerprint density at radius 3 is 2.07 bits per heavy atom.